The Kier molecular flexibility index (Phi) is 1.86. The van der Waals surface area contributed by atoms with Gasteiger partial charge in [0.25, 0.3) is 0 Å². The standard InChI is InChI=1S/C9H9Cl3O2/c10-9(11,12)6-3-1-4-5(2-3)8(13)14-7(4)6/h3-7H,1-2H2. The highest BCUT2D eigenvalue weighted by Gasteiger charge is 2.65. The second kappa shape index (κ2) is 2.72. The second-order valence-corrected chi connectivity index (χ2v) is 6.84. The maximum atomic E-state index is 11.4. The van der Waals surface area contributed by atoms with Crippen LogP contribution in [0.3, 0.4) is 0 Å². The Morgan fingerprint density at radius 3 is 2.64 bits per heavy atom. The summed E-state index contributed by atoms with van der Waals surface area (Å²) in [6.07, 6.45) is 1.69. The molecule has 0 aromatic heterocycles. The van der Waals surface area contributed by atoms with Crippen molar-refractivity contribution in [3.63, 3.8) is 0 Å². The topological polar surface area (TPSA) is 26.3 Å². The number of halogens is 3. The Morgan fingerprint density at radius 1 is 1.29 bits per heavy atom. The van der Waals surface area contributed by atoms with Crippen LogP contribution in [0.25, 0.3) is 0 Å². The number of hydrogen-bond donors (Lipinski definition) is 0. The number of carbonyl (C=O) groups is 1. The quantitative estimate of drug-likeness (QED) is 0.491. The summed E-state index contributed by atoms with van der Waals surface area (Å²) in [4.78, 5) is 11.4. The Bertz CT molecular complexity index is 299. The van der Waals surface area contributed by atoms with E-state index in [9.17, 15) is 4.79 Å². The molecule has 0 N–H and O–H groups in total. The Hall–Kier alpha value is 0.340. The Labute approximate surface area is 96.8 Å². The van der Waals surface area contributed by atoms with Gasteiger partial charge in [-0.05, 0) is 18.8 Å². The first-order valence-electron chi connectivity index (χ1n) is 4.75. The molecular weight excluding hydrogens is 246 g/mol. The summed E-state index contributed by atoms with van der Waals surface area (Å²) in [6.45, 7) is 0. The lowest BCUT2D eigenvalue weighted by atomic mass is 9.83. The van der Waals surface area contributed by atoms with Crippen LogP contribution in [0, 0.1) is 23.7 Å². The molecule has 78 valence electrons. The SMILES string of the molecule is O=C1OC2C3CC(CC13)C2C(Cl)(Cl)Cl. The maximum absolute atomic E-state index is 11.4. The summed E-state index contributed by atoms with van der Waals surface area (Å²) in [6, 6.07) is 0. The third kappa shape index (κ3) is 1.08. The van der Waals surface area contributed by atoms with E-state index in [1.165, 1.54) is 0 Å². The molecule has 5 unspecified atom stereocenters. The normalized spacial score (nSPS) is 49.9. The molecule has 2 bridgehead atoms. The van der Waals surface area contributed by atoms with E-state index in [1.54, 1.807) is 0 Å². The summed E-state index contributed by atoms with van der Waals surface area (Å²) in [5, 5.41) is 0. The average molecular weight is 256 g/mol. The zero-order valence-corrected chi connectivity index (χ0v) is 9.52. The molecule has 0 aromatic rings. The van der Waals surface area contributed by atoms with Gasteiger partial charge >= 0.3 is 5.97 Å². The zero-order chi connectivity index (χ0) is 10.1. The molecule has 5 heteroatoms. The number of fused-ring (bicyclic) bond motifs is 1. The minimum Gasteiger partial charge on any atom is -0.461 e. The smallest absolute Gasteiger partial charge is 0.309 e. The minimum absolute atomic E-state index is 0.0840. The van der Waals surface area contributed by atoms with E-state index in [0.29, 0.717) is 11.8 Å². The van der Waals surface area contributed by atoms with E-state index in [4.69, 9.17) is 39.5 Å². The van der Waals surface area contributed by atoms with Gasteiger partial charge in [0.2, 0.25) is 0 Å². The summed E-state index contributed by atoms with van der Waals surface area (Å²) in [7, 11) is 0. The lowest BCUT2D eigenvalue weighted by Crippen LogP contribution is -2.36. The summed E-state index contributed by atoms with van der Waals surface area (Å²) < 4.78 is 3.99. The van der Waals surface area contributed by atoms with E-state index in [2.05, 4.69) is 0 Å². The van der Waals surface area contributed by atoms with Crippen LogP contribution in [0.2, 0.25) is 0 Å². The van der Waals surface area contributed by atoms with Crippen molar-refractivity contribution in [1.82, 2.24) is 0 Å². The highest BCUT2D eigenvalue weighted by atomic mass is 35.6. The van der Waals surface area contributed by atoms with Crippen LogP contribution in [0.1, 0.15) is 12.8 Å². The lowest BCUT2D eigenvalue weighted by molar-refractivity contribution is -0.144. The van der Waals surface area contributed by atoms with Gasteiger partial charge in [0.15, 0.2) is 3.79 Å². The molecule has 0 amide bonds. The van der Waals surface area contributed by atoms with Gasteiger partial charge in [-0.2, -0.15) is 0 Å². The average Bonchev–Trinajstić information content (AvgIpc) is 2.59. The Morgan fingerprint density at radius 2 is 2.00 bits per heavy atom. The van der Waals surface area contributed by atoms with Crippen molar-refractivity contribution >= 4 is 40.8 Å². The molecule has 2 aliphatic carbocycles. The van der Waals surface area contributed by atoms with E-state index in [1.807, 2.05) is 0 Å². The summed E-state index contributed by atoms with van der Waals surface area (Å²) >= 11 is 17.7. The van der Waals surface area contributed by atoms with Crippen molar-refractivity contribution in [2.75, 3.05) is 0 Å². The van der Waals surface area contributed by atoms with Crippen LogP contribution < -0.4 is 0 Å². The predicted molar refractivity (Wildman–Crippen MR) is 53.4 cm³/mol. The molecule has 3 aliphatic rings. The number of hydrogen-bond acceptors (Lipinski definition) is 2. The van der Waals surface area contributed by atoms with Crippen molar-refractivity contribution in [2.24, 2.45) is 23.7 Å². The first kappa shape index (κ1) is 9.56. The van der Waals surface area contributed by atoms with Gasteiger partial charge in [0, 0.05) is 11.8 Å². The molecule has 14 heavy (non-hydrogen) atoms. The van der Waals surface area contributed by atoms with Crippen LogP contribution in [0.15, 0.2) is 0 Å². The van der Waals surface area contributed by atoms with Crippen molar-refractivity contribution in [2.45, 2.75) is 22.7 Å². The third-order valence-corrected chi connectivity index (χ3v) is 4.62. The van der Waals surface area contributed by atoms with Gasteiger partial charge in [-0.25, -0.2) is 0 Å². The Balaban J connectivity index is 1.96. The minimum atomic E-state index is -1.29. The van der Waals surface area contributed by atoms with E-state index in [-0.39, 0.29) is 23.9 Å². The molecule has 2 nitrogen and oxygen atoms in total. The number of esters is 1. The molecule has 0 radical (unpaired) electrons. The molecule has 3 rings (SSSR count). The highest BCUT2D eigenvalue weighted by Crippen LogP contribution is 2.62. The maximum Gasteiger partial charge on any atom is 0.309 e. The van der Waals surface area contributed by atoms with Crippen molar-refractivity contribution in [3.05, 3.63) is 0 Å². The number of ether oxygens (including phenoxy) is 1. The van der Waals surface area contributed by atoms with Crippen LogP contribution in [0.5, 0.6) is 0 Å². The van der Waals surface area contributed by atoms with Crippen molar-refractivity contribution in [3.8, 4) is 0 Å². The van der Waals surface area contributed by atoms with Gasteiger partial charge in [-0.15, -0.1) is 0 Å². The molecule has 5 atom stereocenters. The van der Waals surface area contributed by atoms with Gasteiger partial charge in [-0.3, -0.25) is 4.79 Å². The number of alkyl halides is 3. The molecule has 1 saturated heterocycles. The first-order valence-corrected chi connectivity index (χ1v) is 5.89. The van der Waals surface area contributed by atoms with Crippen LogP contribution in [0.4, 0.5) is 0 Å². The highest BCUT2D eigenvalue weighted by molar-refractivity contribution is 6.67. The molecular formula is C9H9Cl3O2. The summed E-state index contributed by atoms with van der Waals surface area (Å²) in [5.41, 5.74) is 0. The zero-order valence-electron chi connectivity index (χ0n) is 7.25. The summed E-state index contributed by atoms with van der Waals surface area (Å²) in [5.74, 6) is 0.579. The monoisotopic (exact) mass is 254 g/mol. The van der Waals surface area contributed by atoms with Crippen molar-refractivity contribution in [1.29, 1.82) is 0 Å². The van der Waals surface area contributed by atoms with Gasteiger partial charge < -0.3 is 4.74 Å². The fourth-order valence-electron chi connectivity index (χ4n) is 3.41. The largest absolute Gasteiger partial charge is 0.461 e. The van der Waals surface area contributed by atoms with Crippen LogP contribution >= 0.6 is 34.8 Å². The van der Waals surface area contributed by atoms with Crippen LogP contribution in [-0.4, -0.2) is 15.9 Å². The first-order chi connectivity index (χ1) is 6.48. The van der Waals surface area contributed by atoms with E-state index in [0.717, 1.165) is 12.8 Å². The fraction of sp³-hybridized carbons (Fsp3) is 0.889. The van der Waals surface area contributed by atoms with Crippen LogP contribution in [-0.2, 0) is 9.53 Å². The van der Waals surface area contributed by atoms with Crippen molar-refractivity contribution < 1.29 is 9.53 Å². The molecule has 1 heterocycles. The molecule has 3 fully saturated rings. The van der Waals surface area contributed by atoms with Gasteiger partial charge in [-0.1, -0.05) is 34.8 Å². The van der Waals surface area contributed by atoms with Gasteiger partial charge in [0.1, 0.15) is 6.10 Å². The number of carbonyl (C=O) groups excluding carboxylic acids is 1. The molecule has 1 aliphatic heterocycles. The molecule has 2 saturated carbocycles. The molecule has 0 aromatic carbocycles. The third-order valence-electron chi connectivity index (χ3n) is 3.87. The van der Waals surface area contributed by atoms with Gasteiger partial charge in [0.05, 0.1) is 5.92 Å². The number of rotatable bonds is 0. The second-order valence-electron chi connectivity index (χ2n) is 4.47. The van der Waals surface area contributed by atoms with E-state index < -0.39 is 3.79 Å². The molecule has 0 spiro atoms. The van der Waals surface area contributed by atoms with E-state index >= 15 is 0 Å². The predicted octanol–water partition coefficient (Wildman–Crippen LogP) is 2.55. The fourth-order valence-corrected chi connectivity index (χ4v) is 4.32. The lowest BCUT2D eigenvalue weighted by Gasteiger charge is -2.30.